The summed E-state index contributed by atoms with van der Waals surface area (Å²) >= 11 is 0. The molecule has 3 heteroatoms. The number of unbranched alkanes of at least 4 members (excludes halogenated alkanes) is 13. The van der Waals surface area contributed by atoms with Crippen LogP contribution in [0, 0.1) is 0 Å². The maximum atomic E-state index is 2.45. The predicted molar refractivity (Wildman–Crippen MR) is 97.9 cm³/mol. The Morgan fingerprint density at radius 1 is 0.739 bits per heavy atom. The van der Waals surface area contributed by atoms with Crippen molar-refractivity contribution >= 4 is 0 Å². The minimum absolute atomic E-state index is 0. The van der Waals surface area contributed by atoms with Crippen molar-refractivity contribution in [2.24, 2.45) is 0 Å². The van der Waals surface area contributed by atoms with Crippen molar-refractivity contribution in [1.29, 1.82) is 0 Å². The minimum atomic E-state index is 0. The number of halogens is 1. The Kier molecular flexibility index (Phi) is 16.8. The first-order valence-corrected chi connectivity index (χ1v) is 10.1. The molecule has 0 spiro atoms. The Balaban J connectivity index is 0.00000484. The number of rotatable bonds is 15. The van der Waals surface area contributed by atoms with E-state index in [9.17, 15) is 0 Å². The first-order chi connectivity index (χ1) is 10.8. The van der Waals surface area contributed by atoms with Crippen LogP contribution in [0.2, 0.25) is 0 Å². The Labute approximate surface area is 156 Å². The molecule has 0 aromatic heterocycles. The van der Waals surface area contributed by atoms with E-state index in [4.69, 9.17) is 0 Å². The summed E-state index contributed by atoms with van der Waals surface area (Å²) in [5, 5.41) is 0. The van der Waals surface area contributed by atoms with Crippen molar-refractivity contribution in [2.75, 3.05) is 20.3 Å². The van der Waals surface area contributed by atoms with Crippen molar-refractivity contribution in [3.8, 4) is 0 Å². The van der Waals surface area contributed by atoms with Gasteiger partial charge in [0.2, 0.25) is 0 Å². The van der Waals surface area contributed by atoms with E-state index in [1.807, 2.05) is 0 Å². The highest BCUT2D eigenvalue weighted by atomic mass is 79.9. The van der Waals surface area contributed by atoms with Gasteiger partial charge in [-0.2, -0.15) is 0 Å². The van der Waals surface area contributed by atoms with E-state index in [1.54, 1.807) is 0 Å². The monoisotopic (exact) mass is 388 g/mol. The highest BCUT2D eigenvalue weighted by molar-refractivity contribution is 4.77. The lowest BCUT2D eigenvalue weighted by Crippen LogP contribution is -3.03. The van der Waals surface area contributed by atoms with Gasteiger partial charge in [-0.05, 0) is 6.42 Å². The third kappa shape index (κ3) is 14.1. The summed E-state index contributed by atoms with van der Waals surface area (Å²) in [6, 6.07) is 0. The number of hydrogen-bond donors (Lipinski definition) is 1. The molecule has 0 bridgehead atoms. The van der Waals surface area contributed by atoms with E-state index < -0.39 is 0 Å². The molecular formula is C20H41BrN2. The zero-order chi connectivity index (χ0) is 15.9. The molecule has 138 valence electrons. The van der Waals surface area contributed by atoms with Crippen molar-refractivity contribution in [3.05, 3.63) is 12.4 Å². The maximum Gasteiger partial charge on any atom is 0.156 e. The van der Waals surface area contributed by atoms with Gasteiger partial charge in [-0.15, -0.1) is 0 Å². The van der Waals surface area contributed by atoms with E-state index in [-0.39, 0.29) is 17.0 Å². The molecule has 1 atom stereocenters. The van der Waals surface area contributed by atoms with Gasteiger partial charge in [-0.1, -0.05) is 90.4 Å². The van der Waals surface area contributed by atoms with Crippen molar-refractivity contribution < 1.29 is 21.9 Å². The van der Waals surface area contributed by atoms with Crippen LogP contribution < -0.4 is 21.9 Å². The molecule has 1 unspecified atom stereocenters. The fourth-order valence-corrected chi connectivity index (χ4v) is 3.32. The van der Waals surface area contributed by atoms with E-state index in [1.165, 1.54) is 108 Å². The quantitative estimate of drug-likeness (QED) is 0.419. The zero-order valence-corrected chi connectivity index (χ0v) is 17.4. The topological polar surface area (TPSA) is 7.68 Å². The first-order valence-electron chi connectivity index (χ1n) is 10.1. The molecule has 1 rings (SSSR count). The van der Waals surface area contributed by atoms with Crippen LogP contribution >= 0.6 is 0 Å². The number of nitrogens with zero attached hydrogens (tertiary/aromatic N) is 1. The molecule has 0 aromatic rings. The lowest BCUT2D eigenvalue weighted by atomic mass is 10.0. The summed E-state index contributed by atoms with van der Waals surface area (Å²) < 4.78 is 0. The minimum Gasteiger partial charge on any atom is -1.00 e. The average Bonchev–Trinajstić information content (AvgIpc) is 2.93. The number of nitrogens with one attached hydrogen (secondary N) is 1. The predicted octanol–water partition coefficient (Wildman–Crippen LogP) is 1.73. The van der Waals surface area contributed by atoms with E-state index >= 15 is 0 Å². The second-order valence-electron chi connectivity index (χ2n) is 7.23. The fourth-order valence-electron chi connectivity index (χ4n) is 3.32. The van der Waals surface area contributed by atoms with Crippen LogP contribution in [0.4, 0.5) is 0 Å². The summed E-state index contributed by atoms with van der Waals surface area (Å²) in [5.41, 5.74) is 0. The largest absolute Gasteiger partial charge is 1.00 e. The van der Waals surface area contributed by atoms with Crippen LogP contribution in [0.3, 0.4) is 0 Å². The SMILES string of the molecule is CCCCCCCCCCCCCCCCN1C=C[NH+](C)C1.[Br-]. The van der Waals surface area contributed by atoms with Crippen molar-refractivity contribution in [1.82, 2.24) is 4.90 Å². The average molecular weight is 389 g/mol. The van der Waals surface area contributed by atoms with Gasteiger partial charge in [-0.3, -0.25) is 4.90 Å². The molecule has 1 aliphatic heterocycles. The van der Waals surface area contributed by atoms with Gasteiger partial charge in [0.1, 0.15) is 6.20 Å². The van der Waals surface area contributed by atoms with Gasteiger partial charge in [0.25, 0.3) is 0 Å². The second-order valence-corrected chi connectivity index (χ2v) is 7.23. The van der Waals surface area contributed by atoms with Gasteiger partial charge < -0.3 is 21.9 Å². The Hall–Kier alpha value is -0.0200. The van der Waals surface area contributed by atoms with Crippen LogP contribution in [0.25, 0.3) is 0 Å². The Morgan fingerprint density at radius 2 is 1.17 bits per heavy atom. The first kappa shape index (κ1) is 23.0. The standard InChI is InChI=1S/C20H40N2.BrH/c1-3-4-5-6-7-8-9-10-11-12-13-14-15-16-17-22-19-18-21(2)20-22;/h18-19H,3-17,20H2,1-2H3;1H. The molecular weight excluding hydrogens is 348 g/mol. The Bertz CT molecular complexity index is 268. The molecule has 0 fully saturated rings. The van der Waals surface area contributed by atoms with Gasteiger partial charge in [0.05, 0.1) is 13.2 Å². The van der Waals surface area contributed by atoms with Gasteiger partial charge >= 0.3 is 0 Å². The third-order valence-corrected chi connectivity index (χ3v) is 4.82. The number of hydrogen-bond acceptors (Lipinski definition) is 1. The summed E-state index contributed by atoms with van der Waals surface area (Å²) in [6.07, 6.45) is 24.8. The smallest absolute Gasteiger partial charge is 0.156 e. The van der Waals surface area contributed by atoms with E-state index in [0.717, 1.165) is 0 Å². The van der Waals surface area contributed by atoms with Crippen LogP contribution in [-0.2, 0) is 0 Å². The summed E-state index contributed by atoms with van der Waals surface area (Å²) in [7, 11) is 2.22. The molecule has 2 nitrogen and oxygen atoms in total. The van der Waals surface area contributed by atoms with Crippen molar-refractivity contribution in [2.45, 2.75) is 96.8 Å². The van der Waals surface area contributed by atoms with Crippen LogP contribution in [0.5, 0.6) is 0 Å². The highest BCUT2D eigenvalue weighted by Crippen LogP contribution is 2.13. The molecule has 1 N–H and O–H groups in total. The molecule has 1 heterocycles. The zero-order valence-electron chi connectivity index (χ0n) is 15.8. The van der Waals surface area contributed by atoms with Crippen molar-refractivity contribution in [3.63, 3.8) is 0 Å². The molecule has 0 amide bonds. The Morgan fingerprint density at radius 3 is 1.57 bits per heavy atom. The summed E-state index contributed by atoms with van der Waals surface area (Å²) in [6.45, 7) is 4.72. The molecule has 0 saturated heterocycles. The van der Waals surface area contributed by atoms with E-state index in [0.29, 0.717) is 0 Å². The lowest BCUT2D eigenvalue weighted by Gasteiger charge is -2.14. The van der Waals surface area contributed by atoms with Gasteiger partial charge in [-0.25, -0.2) is 0 Å². The number of quaternary nitrogens is 1. The maximum absolute atomic E-state index is 2.45. The molecule has 0 aromatic carbocycles. The highest BCUT2D eigenvalue weighted by Gasteiger charge is 2.11. The van der Waals surface area contributed by atoms with Crippen LogP contribution in [0.15, 0.2) is 12.4 Å². The van der Waals surface area contributed by atoms with Gasteiger partial charge in [0, 0.05) is 6.54 Å². The van der Waals surface area contributed by atoms with Crippen LogP contribution in [0.1, 0.15) is 96.8 Å². The molecule has 0 aliphatic carbocycles. The third-order valence-electron chi connectivity index (χ3n) is 4.82. The molecule has 23 heavy (non-hydrogen) atoms. The molecule has 0 saturated carbocycles. The summed E-state index contributed by atoms with van der Waals surface area (Å²) in [4.78, 5) is 3.96. The second kappa shape index (κ2) is 16.8. The lowest BCUT2D eigenvalue weighted by molar-refractivity contribution is -0.826. The fraction of sp³-hybridized carbons (Fsp3) is 0.900. The molecule has 1 aliphatic rings. The normalized spacial score (nSPS) is 16.8. The van der Waals surface area contributed by atoms with Crippen LogP contribution in [-0.4, -0.2) is 25.2 Å². The summed E-state index contributed by atoms with van der Waals surface area (Å²) in [5.74, 6) is 0. The molecule has 0 radical (unpaired) electrons. The van der Waals surface area contributed by atoms with E-state index in [2.05, 4.69) is 31.3 Å². The van der Waals surface area contributed by atoms with Gasteiger partial charge in [0.15, 0.2) is 6.67 Å².